The fourth-order valence-electron chi connectivity index (χ4n) is 2.19. The van der Waals surface area contributed by atoms with Gasteiger partial charge in [0.2, 0.25) is 0 Å². The van der Waals surface area contributed by atoms with Gasteiger partial charge in [-0.15, -0.1) is 0 Å². The van der Waals surface area contributed by atoms with Gasteiger partial charge in [0.1, 0.15) is 12.4 Å². The quantitative estimate of drug-likeness (QED) is 0.761. The maximum Gasteiger partial charge on any atom is 0.250 e. The molecule has 114 valence electrons. The van der Waals surface area contributed by atoms with Crippen LogP contribution in [-0.2, 0) is 4.79 Å². The van der Waals surface area contributed by atoms with Gasteiger partial charge < -0.3 is 15.2 Å². The highest BCUT2D eigenvalue weighted by Gasteiger charge is 2.16. The van der Waals surface area contributed by atoms with Crippen LogP contribution in [0.1, 0.15) is 31.2 Å². The number of benzene rings is 1. The van der Waals surface area contributed by atoms with Crippen molar-refractivity contribution in [3.8, 4) is 5.75 Å². The molecule has 0 unspecified atom stereocenters. The minimum absolute atomic E-state index is 0.0946. The zero-order chi connectivity index (χ0) is 15.1. The molecule has 0 aliphatic carbocycles. The fourth-order valence-corrected chi connectivity index (χ4v) is 2.37. The van der Waals surface area contributed by atoms with Crippen LogP contribution >= 0.6 is 11.6 Å². The number of fused-ring (bicyclic) bond motifs is 1. The molecule has 0 saturated carbocycles. The average Bonchev–Trinajstić information content (AvgIpc) is 2.49. The first-order chi connectivity index (χ1) is 10.2. The van der Waals surface area contributed by atoms with Crippen LogP contribution in [0.5, 0.6) is 5.75 Å². The Labute approximate surface area is 129 Å². The predicted octanol–water partition coefficient (Wildman–Crippen LogP) is 2.78. The summed E-state index contributed by atoms with van der Waals surface area (Å²) in [7, 11) is 0. The van der Waals surface area contributed by atoms with Crippen molar-refractivity contribution in [1.29, 1.82) is 0 Å². The number of halogens is 1. The summed E-state index contributed by atoms with van der Waals surface area (Å²) >= 11 is 5.94. The summed E-state index contributed by atoms with van der Waals surface area (Å²) in [6.07, 6.45) is 5.57. The van der Waals surface area contributed by atoms with Crippen molar-refractivity contribution < 1.29 is 14.6 Å². The van der Waals surface area contributed by atoms with Crippen molar-refractivity contribution in [2.75, 3.05) is 19.8 Å². The first kappa shape index (κ1) is 15.9. The first-order valence-corrected chi connectivity index (χ1v) is 7.60. The van der Waals surface area contributed by atoms with E-state index in [1.165, 1.54) is 0 Å². The van der Waals surface area contributed by atoms with Gasteiger partial charge in [0, 0.05) is 23.7 Å². The Morgan fingerprint density at radius 3 is 2.90 bits per heavy atom. The van der Waals surface area contributed by atoms with Gasteiger partial charge in [-0.3, -0.25) is 4.79 Å². The molecule has 0 saturated heterocycles. The van der Waals surface area contributed by atoms with Crippen molar-refractivity contribution in [1.82, 2.24) is 5.32 Å². The van der Waals surface area contributed by atoms with E-state index in [0.29, 0.717) is 17.1 Å². The van der Waals surface area contributed by atoms with Crippen LogP contribution in [-0.4, -0.2) is 30.8 Å². The highest BCUT2D eigenvalue weighted by molar-refractivity contribution is 6.30. The Morgan fingerprint density at radius 2 is 2.10 bits per heavy atom. The monoisotopic (exact) mass is 309 g/mol. The Bertz CT molecular complexity index is 528. The maximum atomic E-state index is 12.0. The van der Waals surface area contributed by atoms with Crippen molar-refractivity contribution in [3.05, 3.63) is 34.4 Å². The number of aliphatic hydroxyl groups is 1. The summed E-state index contributed by atoms with van der Waals surface area (Å²) in [5.74, 6) is 0.655. The Hall–Kier alpha value is -1.52. The molecule has 2 rings (SSSR count). The van der Waals surface area contributed by atoms with Gasteiger partial charge >= 0.3 is 0 Å². The van der Waals surface area contributed by atoms with Gasteiger partial charge in [-0.1, -0.05) is 24.4 Å². The zero-order valence-electron chi connectivity index (χ0n) is 11.9. The molecule has 0 bridgehead atoms. The molecule has 2 N–H and O–H groups in total. The van der Waals surface area contributed by atoms with Gasteiger partial charge in [0.25, 0.3) is 5.91 Å². The standard InChI is InChI=1S/C16H20ClNO3/c17-14-5-6-15-12(10-14)9-13(11-21-15)16(20)18-7-3-1-2-4-8-19/h5-6,9-10,19H,1-4,7-8,11H2,(H,18,20). The molecule has 0 radical (unpaired) electrons. The number of hydrogen-bond donors (Lipinski definition) is 2. The van der Waals surface area contributed by atoms with Crippen molar-refractivity contribution >= 4 is 23.6 Å². The molecule has 1 heterocycles. The predicted molar refractivity (Wildman–Crippen MR) is 83.5 cm³/mol. The minimum atomic E-state index is -0.0946. The lowest BCUT2D eigenvalue weighted by Gasteiger charge is -2.17. The van der Waals surface area contributed by atoms with Crippen LogP contribution in [0.4, 0.5) is 0 Å². The van der Waals surface area contributed by atoms with E-state index in [-0.39, 0.29) is 19.1 Å². The normalized spacial score (nSPS) is 13.1. The molecule has 1 aromatic carbocycles. The number of ether oxygens (including phenoxy) is 1. The van der Waals surface area contributed by atoms with Crippen molar-refractivity contribution in [2.24, 2.45) is 0 Å². The van der Waals surface area contributed by atoms with Crippen LogP contribution in [0, 0.1) is 0 Å². The van der Waals surface area contributed by atoms with Crippen LogP contribution < -0.4 is 10.1 Å². The number of nitrogens with one attached hydrogen (secondary N) is 1. The van der Waals surface area contributed by atoms with Gasteiger partial charge in [0.15, 0.2) is 0 Å². The molecule has 0 atom stereocenters. The number of carbonyl (C=O) groups excluding carboxylic acids is 1. The molecule has 4 nitrogen and oxygen atoms in total. The lowest BCUT2D eigenvalue weighted by Crippen LogP contribution is -2.29. The molecule has 0 spiro atoms. The van der Waals surface area contributed by atoms with Gasteiger partial charge in [-0.05, 0) is 37.1 Å². The van der Waals surface area contributed by atoms with Crippen LogP contribution in [0.25, 0.3) is 6.08 Å². The molecule has 0 fully saturated rings. The Balaban J connectivity index is 1.83. The third-order valence-corrected chi connectivity index (χ3v) is 3.58. The zero-order valence-corrected chi connectivity index (χ0v) is 12.7. The maximum absolute atomic E-state index is 12.0. The highest BCUT2D eigenvalue weighted by Crippen LogP contribution is 2.28. The second-order valence-corrected chi connectivity index (χ2v) is 5.47. The molecule has 21 heavy (non-hydrogen) atoms. The number of unbranched alkanes of at least 4 members (excludes halogenated alkanes) is 3. The number of carbonyl (C=O) groups is 1. The number of rotatable bonds is 7. The summed E-state index contributed by atoms with van der Waals surface area (Å²) < 4.78 is 5.56. The number of aliphatic hydroxyl groups excluding tert-OH is 1. The van der Waals surface area contributed by atoms with E-state index < -0.39 is 0 Å². The third-order valence-electron chi connectivity index (χ3n) is 3.35. The van der Waals surface area contributed by atoms with E-state index in [4.69, 9.17) is 21.4 Å². The molecule has 1 aliphatic heterocycles. The number of amides is 1. The molecule has 5 heteroatoms. The topological polar surface area (TPSA) is 58.6 Å². The lowest BCUT2D eigenvalue weighted by atomic mass is 10.1. The molecule has 0 aromatic heterocycles. The van der Waals surface area contributed by atoms with Gasteiger partial charge in [-0.2, -0.15) is 0 Å². The largest absolute Gasteiger partial charge is 0.488 e. The second kappa shape index (κ2) is 8.05. The average molecular weight is 310 g/mol. The Kier molecular flexibility index (Phi) is 6.08. The third kappa shape index (κ3) is 4.76. The molecular formula is C16H20ClNO3. The van der Waals surface area contributed by atoms with Crippen molar-refractivity contribution in [3.63, 3.8) is 0 Å². The summed E-state index contributed by atoms with van der Waals surface area (Å²) in [5.41, 5.74) is 1.45. The SMILES string of the molecule is O=C(NCCCCCCO)C1=Cc2cc(Cl)ccc2OC1. The van der Waals surface area contributed by atoms with Crippen molar-refractivity contribution in [2.45, 2.75) is 25.7 Å². The fraction of sp³-hybridized carbons (Fsp3) is 0.438. The van der Waals surface area contributed by atoms with Crippen LogP contribution in [0.15, 0.2) is 23.8 Å². The minimum Gasteiger partial charge on any atom is -0.488 e. The second-order valence-electron chi connectivity index (χ2n) is 5.03. The highest BCUT2D eigenvalue weighted by atomic mass is 35.5. The summed E-state index contributed by atoms with van der Waals surface area (Å²) in [6, 6.07) is 5.37. The van der Waals surface area contributed by atoms with E-state index >= 15 is 0 Å². The first-order valence-electron chi connectivity index (χ1n) is 7.22. The summed E-state index contributed by atoms with van der Waals surface area (Å²) in [5, 5.41) is 12.2. The smallest absolute Gasteiger partial charge is 0.250 e. The van der Waals surface area contributed by atoms with Gasteiger partial charge in [0.05, 0.1) is 5.57 Å². The van der Waals surface area contributed by atoms with Gasteiger partial charge in [-0.25, -0.2) is 0 Å². The van der Waals surface area contributed by atoms with E-state index in [9.17, 15) is 4.79 Å². The van der Waals surface area contributed by atoms with Crippen LogP contribution in [0.3, 0.4) is 0 Å². The molecule has 1 aliphatic rings. The summed E-state index contributed by atoms with van der Waals surface area (Å²) in [4.78, 5) is 12.0. The van der Waals surface area contributed by atoms with E-state index in [1.54, 1.807) is 12.1 Å². The Morgan fingerprint density at radius 1 is 1.29 bits per heavy atom. The van der Waals surface area contributed by atoms with E-state index in [0.717, 1.165) is 37.0 Å². The van der Waals surface area contributed by atoms with E-state index in [2.05, 4.69) is 5.32 Å². The molecular weight excluding hydrogens is 290 g/mol. The molecule has 1 aromatic rings. The molecule has 1 amide bonds. The van der Waals surface area contributed by atoms with E-state index in [1.807, 2.05) is 12.1 Å². The summed E-state index contributed by atoms with van der Waals surface area (Å²) in [6.45, 7) is 1.16. The lowest BCUT2D eigenvalue weighted by molar-refractivity contribution is -0.117. The number of hydrogen-bond acceptors (Lipinski definition) is 3. The van der Waals surface area contributed by atoms with Crippen LogP contribution in [0.2, 0.25) is 5.02 Å².